The fraction of sp³-hybridized carbons (Fsp3) is 0.333. The minimum Gasteiger partial charge on any atom is -0.481 e. The van der Waals surface area contributed by atoms with E-state index in [4.69, 9.17) is 5.11 Å². The lowest BCUT2D eigenvalue weighted by atomic mass is 10.3. The molecule has 0 fully saturated rings. The number of nitrogens with one attached hydrogen (secondary N) is 1. The third-order valence-electron chi connectivity index (χ3n) is 2.33. The Kier molecular flexibility index (Phi) is 5.37. The number of anilines is 1. The van der Waals surface area contributed by atoms with Crippen LogP contribution in [0.5, 0.6) is 0 Å². The van der Waals surface area contributed by atoms with E-state index in [-0.39, 0.29) is 25.2 Å². The van der Waals surface area contributed by atoms with E-state index in [1.54, 1.807) is 7.05 Å². The molecule has 0 bridgehead atoms. The fourth-order valence-electron chi connectivity index (χ4n) is 1.39. The van der Waals surface area contributed by atoms with E-state index >= 15 is 0 Å². The third kappa shape index (κ3) is 5.43. The number of carboxylic acids is 1. The largest absolute Gasteiger partial charge is 0.481 e. The highest BCUT2D eigenvalue weighted by atomic mass is 19.1. The predicted octanol–water partition coefficient (Wildman–Crippen LogP) is 1.31. The number of amides is 1. The minimum atomic E-state index is -0.961. The first-order chi connectivity index (χ1) is 8.88. The van der Waals surface area contributed by atoms with Crippen molar-refractivity contribution in [2.45, 2.75) is 6.42 Å². The van der Waals surface area contributed by atoms with E-state index < -0.39 is 23.5 Å². The van der Waals surface area contributed by atoms with Gasteiger partial charge in [-0.3, -0.25) is 14.5 Å². The van der Waals surface area contributed by atoms with Crippen molar-refractivity contribution in [1.82, 2.24) is 4.90 Å². The summed E-state index contributed by atoms with van der Waals surface area (Å²) in [6, 6.07) is 2.83. The Hall–Kier alpha value is -2.02. The standard InChI is InChI=1S/C12H14F2N2O3/c1-16(5-4-12(18)19)7-11(17)15-10-3-2-8(13)6-9(10)14/h2-3,6H,4-5,7H2,1H3,(H,15,17)(H,18,19). The van der Waals surface area contributed by atoms with Crippen molar-refractivity contribution in [1.29, 1.82) is 0 Å². The van der Waals surface area contributed by atoms with Gasteiger partial charge in [0.05, 0.1) is 18.7 Å². The van der Waals surface area contributed by atoms with Crippen LogP contribution in [0, 0.1) is 11.6 Å². The molecule has 0 unspecified atom stereocenters. The molecule has 0 radical (unpaired) electrons. The zero-order valence-electron chi connectivity index (χ0n) is 10.3. The normalized spacial score (nSPS) is 10.5. The smallest absolute Gasteiger partial charge is 0.304 e. The molecule has 7 heteroatoms. The van der Waals surface area contributed by atoms with Crippen molar-refractivity contribution in [3.63, 3.8) is 0 Å². The zero-order valence-corrected chi connectivity index (χ0v) is 10.3. The lowest BCUT2D eigenvalue weighted by molar-refractivity contribution is -0.137. The van der Waals surface area contributed by atoms with E-state index in [1.165, 1.54) is 4.90 Å². The van der Waals surface area contributed by atoms with E-state index in [2.05, 4.69) is 5.32 Å². The van der Waals surface area contributed by atoms with Crippen LogP contribution in [-0.4, -0.2) is 42.0 Å². The molecule has 19 heavy (non-hydrogen) atoms. The molecule has 0 saturated heterocycles. The lowest BCUT2D eigenvalue weighted by Gasteiger charge is -2.15. The Balaban J connectivity index is 2.48. The maximum atomic E-state index is 13.3. The second kappa shape index (κ2) is 6.79. The molecule has 5 nitrogen and oxygen atoms in total. The number of rotatable bonds is 6. The molecule has 0 atom stereocenters. The first-order valence-electron chi connectivity index (χ1n) is 5.53. The SMILES string of the molecule is CN(CCC(=O)O)CC(=O)Nc1ccc(F)cc1F. The van der Waals surface area contributed by atoms with E-state index in [0.717, 1.165) is 12.1 Å². The number of halogens is 2. The molecule has 1 aromatic carbocycles. The summed E-state index contributed by atoms with van der Waals surface area (Å²) in [6.45, 7) is 0.124. The van der Waals surface area contributed by atoms with Crippen molar-refractivity contribution in [3.05, 3.63) is 29.8 Å². The summed E-state index contributed by atoms with van der Waals surface area (Å²) in [5, 5.41) is 10.8. The van der Waals surface area contributed by atoms with Gasteiger partial charge in [-0.2, -0.15) is 0 Å². The number of hydrogen-bond donors (Lipinski definition) is 2. The Bertz CT molecular complexity index is 480. The second-order valence-electron chi connectivity index (χ2n) is 4.05. The summed E-state index contributed by atoms with van der Waals surface area (Å²) >= 11 is 0. The average Bonchev–Trinajstić information content (AvgIpc) is 2.30. The van der Waals surface area contributed by atoms with Crippen LogP contribution in [0.2, 0.25) is 0 Å². The fourth-order valence-corrected chi connectivity index (χ4v) is 1.39. The van der Waals surface area contributed by atoms with E-state index in [1.807, 2.05) is 0 Å². The number of nitrogens with zero attached hydrogens (tertiary/aromatic N) is 1. The van der Waals surface area contributed by atoms with Crippen molar-refractivity contribution in [2.24, 2.45) is 0 Å². The number of carbonyl (C=O) groups is 2. The highest BCUT2D eigenvalue weighted by Gasteiger charge is 2.11. The molecule has 0 aliphatic heterocycles. The van der Waals surface area contributed by atoms with Crippen molar-refractivity contribution < 1.29 is 23.5 Å². The van der Waals surface area contributed by atoms with Crippen LogP contribution in [0.1, 0.15) is 6.42 Å². The summed E-state index contributed by atoms with van der Waals surface area (Å²) in [5.74, 6) is -3.05. The number of carboxylic acid groups (broad SMARTS) is 1. The molecule has 1 aromatic rings. The van der Waals surface area contributed by atoms with Gasteiger partial charge in [0.1, 0.15) is 11.6 Å². The highest BCUT2D eigenvalue weighted by Crippen LogP contribution is 2.14. The van der Waals surface area contributed by atoms with Gasteiger partial charge < -0.3 is 10.4 Å². The first-order valence-corrected chi connectivity index (χ1v) is 5.53. The Morgan fingerprint density at radius 2 is 2.05 bits per heavy atom. The number of carbonyl (C=O) groups excluding carboxylic acids is 1. The summed E-state index contributed by atoms with van der Waals surface area (Å²) in [7, 11) is 1.57. The molecule has 2 N–H and O–H groups in total. The number of benzene rings is 1. The van der Waals surface area contributed by atoms with Crippen LogP contribution in [0.15, 0.2) is 18.2 Å². The van der Waals surface area contributed by atoms with Gasteiger partial charge in [-0.05, 0) is 19.2 Å². The van der Waals surface area contributed by atoms with E-state index in [9.17, 15) is 18.4 Å². The highest BCUT2D eigenvalue weighted by molar-refractivity contribution is 5.92. The van der Waals surface area contributed by atoms with Crippen LogP contribution in [0.3, 0.4) is 0 Å². The van der Waals surface area contributed by atoms with Crippen LogP contribution in [-0.2, 0) is 9.59 Å². The molecule has 0 spiro atoms. The average molecular weight is 272 g/mol. The quantitative estimate of drug-likeness (QED) is 0.819. The molecule has 1 amide bonds. The van der Waals surface area contributed by atoms with Crippen molar-refractivity contribution >= 4 is 17.6 Å². The Labute approximate surface area is 108 Å². The van der Waals surface area contributed by atoms with Gasteiger partial charge in [0.2, 0.25) is 5.91 Å². The van der Waals surface area contributed by atoms with Gasteiger partial charge in [0.15, 0.2) is 0 Å². The van der Waals surface area contributed by atoms with Gasteiger partial charge in [-0.25, -0.2) is 8.78 Å². The number of aliphatic carboxylic acids is 1. The third-order valence-corrected chi connectivity index (χ3v) is 2.33. The van der Waals surface area contributed by atoms with Crippen molar-refractivity contribution in [3.8, 4) is 0 Å². The predicted molar refractivity (Wildman–Crippen MR) is 64.7 cm³/mol. The Morgan fingerprint density at radius 3 is 2.63 bits per heavy atom. The molecular weight excluding hydrogens is 258 g/mol. The van der Waals surface area contributed by atoms with Crippen LogP contribution in [0.25, 0.3) is 0 Å². The van der Waals surface area contributed by atoms with Gasteiger partial charge in [-0.15, -0.1) is 0 Å². The zero-order chi connectivity index (χ0) is 14.4. The van der Waals surface area contributed by atoms with Crippen LogP contribution >= 0.6 is 0 Å². The number of likely N-dealkylation sites (N-methyl/N-ethyl adjacent to an activating group) is 1. The van der Waals surface area contributed by atoms with Gasteiger partial charge in [0, 0.05) is 12.6 Å². The van der Waals surface area contributed by atoms with Gasteiger partial charge in [-0.1, -0.05) is 0 Å². The summed E-state index contributed by atoms with van der Waals surface area (Å²) in [5.41, 5.74) is -0.113. The van der Waals surface area contributed by atoms with Gasteiger partial charge in [0.25, 0.3) is 0 Å². The molecule has 1 rings (SSSR count). The molecule has 0 aliphatic carbocycles. The summed E-state index contributed by atoms with van der Waals surface area (Å²) in [6.07, 6.45) is -0.0886. The maximum absolute atomic E-state index is 13.3. The minimum absolute atomic E-state index is 0.0793. The lowest BCUT2D eigenvalue weighted by Crippen LogP contribution is -2.31. The van der Waals surface area contributed by atoms with E-state index in [0.29, 0.717) is 6.07 Å². The van der Waals surface area contributed by atoms with Crippen LogP contribution < -0.4 is 5.32 Å². The van der Waals surface area contributed by atoms with Gasteiger partial charge >= 0.3 is 5.97 Å². The van der Waals surface area contributed by atoms with Crippen LogP contribution in [0.4, 0.5) is 14.5 Å². The maximum Gasteiger partial charge on any atom is 0.304 e. The molecule has 0 aliphatic rings. The molecule has 0 saturated carbocycles. The molecule has 0 aromatic heterocycles. The molecule has 0 heterocycles. The summed E-state index contributed by atoms with van der Waals surface area (Å²) in [4.78, 5) is 23.4. The number of hydrogen-bond acceptors (Lipinski definition) is 3. The molecule has 104 valence electrons. The Morgan fingerprint density at radius 1 is 1.37 bits per heavy atom. The molecular formula is C12H14F2N2O3. The van der Waals surface area contributed by atoms with Crippen molar-refractivity contribution in [2.75, 3.05) is 25.5 Å². The topological polar surface area (TPSA) is 69.6 Å². The monoisotopic (exact) mass is 272 g/mol. The second-order valence-corrected chi connectivity index (χ2v) is 4.05. The first kappa shape index (κ1) is 15.0. The summed E-state index contributed by atoms with van der Waals surface area (Å²) < 4.78 is 25.9.